The number of carbonyl (C=O) groups excluding carboxylic acids is 1. The van der Waals surface area contributed by atoms with Crippen LogP contribution in [0.4, 0.5) is 4.79 Å². The van der Waals surface area contributed by atoms with Crippen molar-refractivity contribution in [3.63, 3.8) is 0 Å². The molecular formula is C43H44N4O2S2. The van der Waals surface area contributed by atoms with Gasteiger partial charge < -0.3 is 10.1 Å². The molecule has 4 aromatic carbocycles. The van der Waals surface area contributed by atoms with Gasteiger partial charge in [-0.1, -0.05) is 109 Å². The fourth-order valence-electron chi connectivity index (χ4n) is 6.75. The third-order valence-electron chi connectivity index (χ3n) is 9.14. The Morgan fingerprint density at radius 2 is 1.20 bits per heavy atom. The van der Waals surface area contributed by atoms with Gasteiger partial charge in [-0.05, 0) is 75.3 Å². The van der Waals surface area contributed by atoms with Crippen molar-refractivity contribution in [2.75, 3.05) is 13.1 Å². The first-order chi connectivity index (χ1) is 24.8. The molecule has 0 saturated carbocycles. The summed E-state index contributed by atoms with van der Waals surface area (Å²) in [6.07, 6.45) is 4.10. The Morgan fingerprint density at radius 1 is 0.686 bits per heavy atom. The van der Waals surface area contributed by atoms with Crippen LogP contribution in [0.2, 0.25) is 0 Å². The molecule has 0 unspecified atom stereocenters. The molecule has 4 heterocycles. The van der Waals surface area contributed by atoms with Gasteiger partial charge in [0.25, 0.3) is 0 Å². The summed E-state index contributed by atoms with van der Waals surface area (Å²) in [6.45, 7) is 7.53. The van der Waals surface area contributed by atoms with E-state index >= 15 is 0 Å². The second-order valence-corrected chi connectivity index (χ2v) is 15.7. The molecule has 0 bridgehead atoms. The van der Waals surface area contributed by atoms with Crippen LogP contribution in [-0.2, 0) is 4.74 Å². The topological polar surface area (TPSA) is 67.3 Å². The zero-order valence-electron chi connectivity index (χ0n) is 29.4. The summed E-state index contributed by atoms with van der Waals surface area (Å²) in [5.41, 5.74) is 8.72. The Kier molecular flexibility index (Phi) is 10.7. The van der Waals surface area contributed by atoms with Crippen LogP contribution >= 0.6 is 22.7 Å². The van der Waals surface area contributed by atoms with E-state index in [9.17, 15) is 4.79 Å². The van der Waals surface area contributed by atoms with E-state index in [1.165, 1.54) is 45.7 Å². The highest BCUT2D eigenvalue weighted by Crippen LogP contribution is 2.39. The van der Waals surface area contributed by atoms with Gasteiger partial charge >= 0.3 is 6.09 Å². The Bertz CT molecular complexity index is 2050. The number of thiazole rings is 2. The zero-order valence-corrected chi connectivity index (χ0v) is 31.1. The lowest BCUT2D eigenvalue weighted by molar-refractivity contribution is 0.0224. The number of likely N-dealkylation sites (tertiary alicyclic amines) is 1. The third-order valence-corrected chi connectivity index (χ3v) is 11.0. The standard InChI is InChI=1S/C24H26N2O2S.C19H18N2S/c1-24(2,3)28-23(27)26-15-9-14-21(26)22-25-20(16-29-22)19-13-8-7-12-18(19)17-10-5-4-6-11-17;1-2-7-14(8-3-1)15-9-4-5-10-16(15)18-13-22-19(21-18)17-11-6-12-20-17/h4-8,10-13,16,21H,9,14-15H2,1-3H3;1-5,7-10,13,17,20H,6,11-12H2/t21-;17-/m00/s1. The Balaban J connectivity index is 0.000000165. The lowest BCUT2D eigenvalue weighted by atomic mass is 9.98. The van der Waals surface area contributed by atoms with Crippen LogP contribution in [0, 0.1) is 0 Å². The maximum atomic E-state index is 12.6. The Hall–Kier alpha value is -4.63. The number of aromatic nitrogens is 2. The Labute approximate surface area is 309 Å². The predicted octanol–water partition coefficient (Wildman–Crippen LogP) is 11.5. The first-order valence-corrected chi connectivity index (χ1v) is 19.5. The van der Waals surface area contributed by atoms with Gasteiger partial charge in [0, 0.05) is 28.4 Å². The maximum Gasteiger partial charge on any atom is 0.410 e. The van der Waals surface area contributed by atoms with E-state index in [0.717, 1.165) is 47.9 Å². The minimum absolute atomic E-state index is 0.00696. The van der Waals surface area contributed by atoms with Gasteiger partial charge in [0.05, 0.1) is 23.5 Å². The number of ether oxygens (including phenoxy) is 1. The molecule has 0 radical (unpaired) electrons. The number of rotatable bonds is 6. The van der Waals surface area contributed by atoms with Crippen molar-refractivity contribution in [1.29, 1.82) is 0 Å². The molecule has 2 fully saturated rings. The molecule has 51 heavy (non-hydrogen) atoms. The van der Waals surface area contributed by atoms with Crippen LogP contribution in [0.3, 0.4) is 0 Å². The summed E-state index contributed by atoms with van der Waals surface area (Å²) in [4.78, 5) is 24.3. The summed E-state index contributed by atoms with van der Waals surface area (Å²) in [7, 11) is 0. The van der Waals surface area contributed by atoms with E-state index < -0.39 is 5.60 Å². The molecular weight excluding hydrogens is 669 g/mol. The molecule has 6 aromatic rings. The van der Waals surface area contributed by atoms with Crippen LogP contribution in [0.5, 0.6) is 0 Å². The number of hydrogen-bond acceptors (Lipinski definition) is 7. The summed E-state index contributed by atoms with van der Waals surface area (Å²) >= 11 is 3.40. The third kappa shape index (κ3) is 8.30. The summed E-state index contributed by atoms with van der Waals surface area (Å²) in [5.74, 6) is 0. The SMILES string of the molecule is CC(C)(C)OC(=O)N1CCC[C@H]1c1nc(-c2ccccc2-c2ccccc2)cs1.c1ccc(-c2ccccc2-c2csc([C@@H]3CCCN3)n2)cc1. The summed E-state index contributed by atoms with van der Waals surface area (Å²) in [5, 5.41) is 10.0. The van der Waals surface area contributed by atoms with Gasteiger partial charge in [0.2, 0.25) is 0 Å². The van der Waals surface area contributed by atoms with Gasteiger partial charge in [-0.15, -0.1) is 22.7 Å². The molecule has 8 heteroatoms. The van der Waals surface area contributed by atoms with Crippen LogP contribution in [0.15, 0.2) is 120 Å². The fourth-order valence-corrected chi connectivity index (χ4v) is 8.64. The zero-order chi connectivity index (χ0) is 35.2. The smallest absolute Gasteiger partial charge is 0.410 e. The molecule has 2 saturated heterocycles. The lowest BCUT2D eigenvalue weighted by Gasteiger charge is -2.27. The van der Waals surface area contributed by atoms with Crippen LogP contribution in [0.25, 0.3) is 44.8 Å². The monoisotopic (exact) mass is 712 g/mol. The van der Waals surface area contributed by atoms with Gasteiger partial charge in [0.1, 0.15) is 15.6 Å². The molecule has 2 aliphatic rings. The van der Waals surface area contributed by atoms with Crippen molar-refractivity contribution >= 4 is 28.8 Å². The number of nitrogens with one attached hydrogen (secondary N) is 1. The van der Waals surface area contributed by atoms with Crippen molar-refractivity contribution < 1.29 is 9.53 Å². The van der Waals surface area contributed by atoms with Gasteiger partial charge in [-0.2, -0.15) is 0 Å². The van der Waals surface area contributed by atoms with E-state index in [0.29, 0.717) is 6.04 Å². The van der Waals surface area contributed by atoms with Crippen molar-refractivity contribution in [3.8, 4) is 44.8 Å². The van der Waals surface area contributed by atoms with Crippen LogP contribution in [0.1, 0.15) is 68.6 Å². The highest BCUT2D eigenvalue weighted by atomic mass is 32.1. The minimum atomic E-state index is -0.493. The number of hydrogen-bond donors (Lipinski definition) is 1. The quantitative estimate of drug-likeness (QED) is 0.186. The predicted molar refractivity (Wildman–Crippen MR) is 211 cm³/mol. The summed E-state index contributed by atoms with van der Waals surface area (Å²) < 4.78 is 5.61. The number of nitrogens with zero attached hydrogens (tertiary/aromatic N) is 3. The summed E-state index contributed by atoms with van der Waals surface area (Å²) in [6, 6.07) is 38.2. The van der Waals surface area contributed by atoms with E-state index in [1.54, 1.807) is 22.7 Å². The molecule has 260 valence electrons. The van der Waals surface area contributed by atoms with Crippen molar-refractivity contribution in [2.24, 2.45) is 0 Å². The van der Waals surface area contributed by atoms with Gasteiger partial charge in [-0.25, -0.2) is 14.8 Å². The van der Waals surface area contributed by atoms with E-state index in [4.69, 9.17) is 14.7 Å². The molecule has 2 aliphatic heterocycles. The number of carbonyl (C=O) groups is 1. The lowest BCUT2D eigenvalue weighted by Crippen LogP contribution is -2.36. The average Bonchev–Trinajstić information content (AvgIpc) is 3.99. The normalized spacial score (nSPS) is 17.2. The van der Waals surface area contributed by atoms with Crippen molar-refractivity contribution in [2.45, 2.75) is 64.1 Å². The molecule has 6 nitrogen and oxygen atoms in total. The minimum Gasteiger partial charge on any atom is -0.444 e. The molecule has 2 aromatic heterocycles. The first kappa shape index (κ1) is 34.8. The van der Waals surface area contributed by atoms with E-state index in [1.807, 2.05) is 37.8 Å². The molecule has 8 rings (SSSR count). The fraction of sp³-hybridized carbons (Fsp3) is 0.279. The molecule has 0 spiro atoms. The molecule has 0 aliphatic carbocycles. The van der Waals surface area contributed by atoms with Gasteiger partial charge in [0.15, 0.2) is 0 Å². The van der Waals surface area contributed by atoms with E-state index in [-0.39, 0.29) is 12.1 Å². The molecule has 1 N–H and O–H groups in total. The number of benzene rings is 4. The van der Waals surface area contributed by atoms with Crippen LogP contribution in [-0.4, -0.2) is 39.7 Å². The van der Waals surface area contributed by atoms with Crippen molar-refractivity contribution in [1.82, 2.24) is 20.2 Å². The highest BCUT2D eigenvalue weighted by Gasteiger charge is 2.35. The number of amides is 1. The molecule has 1 amide bonds. The highest BCUT2D eigenvalue weighted by molar-refractivity contribution is 7.10. The van der Waals surface area contributed by atoms with Crippen molar-refractivity contribution in [3.05, 3.63) is 130 Å². The molecule has 2 atom stereocenters. The van der Waals surface area contributed by atoms with Gasteiger partial charge in [-0.3, -0.25) is 4.90 Å². The second kappa shape index (κ2) is 15.7. The first-order valence-electron chi connectivity index (χ1n) is 17.8. The average molecular weight is 713 g/mol. The largest absolute Gasteiger partial charge is 0.444 e. The Morgan fingerprint density at radius 3 is 1.73 bits per heavy atom. The second-order valence-electron chi connectivity index (χ2n) is 13.9. The van der Waals surface area contributed by atoms with Crippen LogP contribution < -0.4 is 5.32 Å². The maximum absolute atomic E-state index is 12.6. The van der Waals surface area contributed by atoms with E-state index in [2.05, 4.69) is 113 Å².